The lowest BCUT2D eigenvalue weighted by atomic mass is 10.3. The lowest BCUT2D eigenvalue weighted by molar-refractivity contribution is -0.120. The van der Waals surface area contributed by atoms with Crippen LogP contribution in [0, 0.1) is 4.77 Å². The molecular formula is C10H12N4OS. The van der Waals surface area contributed by atoms with Crippen LogP contribution < -0.4 is 5.32 Å². The third kappa shape index (κ3) is 1.96. The number of hydrogen-bond donors (Lipinski definition) is 2. The van der Waals surface area contributed by atoms with E-state index in [4.69, 9.17) is 12.2 Å². The van der Waals surface area contributed by atoms with Gasteiger partial charge in [-0.1, -0.05) is 0 Å². The summed E-state index contributed by atoms with van der Waals surface area (Å²) < 4.78 is 2.52. The minimum Gasteiger partial charge on any atom is -0.359 e. The predicted molar refractivity (Wildman–Crippen MR) is 63.6 cm³/mol. The van der Waals surface area contributed by atoms with E-state index in [1.807, 2.05) is 10.6 Å². The largest absolute Gasteiger partial charge is 0.359 e. The quantitative estimate of drug-likeness (QED) is 0.788. The van der Waals surface area contributed by atoms with Crippen molar-refractivity contribution in [1.82, 2.24) is 19.9 Å². The molecular weight excluding hydrogens is 224 g/mol. The summed E-state index contributed by atoms with van der Waals surface area (Å²) in [5.41, 5.74) is 1.87. The van der Waals surface area contributed by atoms with Gasteiger partial charge in [0.15, 0.2) is 4.77 Å². The first kappa shape index (κ1) is 10.8. The third-order valence-electron chi connectivity index (χ3n) is 2.42. The standard InChI is InChI=1S/C10H12N4OS/c1-11-9(15)3-5-14-8-2-4-12-6-7(8)13-10(14)16/h2,4,6H,3,5H2,1H3,(H,11,15)(H,13,16). The van der Waals surface area contributed by atoms with Gasteiger partial charge >= 0.3 is 0 Å². The normalized spacial score (nSPS) is 10.6. The molecule has 2 aromatic rings. The molecule has 0 spiro atoms. The van der Waals surface area contributed by atoms with Gasteiger partial charge in [0.1, 0.15) is 0 Å². The summed E-state index contributed by atoms with van der Waals surface area (Å²) in [5, 5.41) is 2.59. The van der Waals surface area contributed by atoms with Gasteiger partial charge in [0, 0.05) is 26.2 Å². The fourth-order valence-electron chi connectivity index (χ4n) is 1.57. The minimum absolute atomic E-state index is 0.00491. The molecule has 0 radical (unpaired) electrons. The number of aromatic amines is 1. The fraction of sp³-hybridized carbons (Fsp3) is 0.300. The Hall–Kier alpha value is -1.69. The molecule has 0 saturated carbocycles. The highest BCUT2D eigenvalue weighted by molar-refractivity contribution is 7.71. The van der Waals surface area contributed by atoms with Gasteiger partial charge in [-0.15, -0.1) is 0 Å². The van der Waals surface area contributed by atoms with Gasteiger partial charge in [-0.05, 0) is 18.3 Å². The molecule has 16 heavy (non-hydrogen) atoms. The highest BCUT2D eigenvalue weighted by Crippen LogP contribution is 2.12. The molecule has 5 nitrogen and oxygen atoms in total. The number of amides is 1. The van der Waals surface area contributed by atoms with E-state index < -0.39 is 0 Å². The topological polar surface area (TPSA) is 62.7 Å². The maximum atomic E-state index is 11.2. The van der Waals surface area contributed by atoms with E-state index >= 15 is 0 Å². The lowest BCUT2D eigenvalue weighted by Crippen LogP contribution is -2.19. The van der Waals surface area contributed by atoms with Crippen LogP contribution in [0.3, 0.4) is 0 Å². The molecule has 0 unspecified atom stereocenters. The molecule has 0 aliphatic heterocycles. The molecule has 0 fully saturated rings. The van der Waals surface area contributed by atoms with Gasteiger partial charge in [0.2, 0.25) is 5.91 Å². The molecule has 6 heteroatoms. The molecule has 1 amide bonds. The molecule has 2 aromatic heterocycles. The van der Waals surface area contributed by atoms with Gasteiger partial charge in [-0.25, -0.2) is 0 Å². The number of nitrogens with one attached hydrogen (secondary N) is 2. The Labute approximate surface area is 97.5 Å². The second-order valence-electron chi connectivity index (χ2n) is 3.40. The number of nitrogens with zero attached hydrogens (tertiary/aromatic N) is 2. The minimum atomic E-state index is 0.00491. The second kappa shape index (κ2) is 4.44. The summed E-state index contributed by atoms with van der Waals surface area (Å²) >= 11 is 5.19. The number of aromatic nitrogens is 3. The average molecular weight is 236 g/mol. The Morgan fingerprint density at radius 3 is 3.25 bits per heavy atom. The first-order valence-electron chi connectivity index (χ1n) is 4.95. The maximum Gasteiger partial charge on any atom is 0.221 e. The van der Waals surface area contributed by atoms with Gasteiger partial charge in [0.05, 0.1) is 17.2 Å². The summed E-state index contributed by atoms with van der Waals surface area (Å²) in [6.45, 7) is 0.572. The van der Waals surface area contributed by atoms with Crippen molar-refractivity contribution in [3.8, 4) is 0 Å². The molecule has 84 valence electrons. The first-order chi connectivity index (χ1) is 7.72. The van der Waals surface area contributed by atoms with E-state index in [9.17, 15) is 4.79 Å². The van der Waals surface area contributed by atoms with Crippen molar-refractivity contribution in [3.05, 3.63) is 23.2 Å². The van der Waals surface area contributed by atoms with Crippen molar-refractivity contribution in [2.75, 3.05) is 7.05 Å². The summed E-state index contributed by atoms with van der Waals surface area (Å²) in [5.74, 6) is 0.00491. The number of carbonyl (C=O) groups excluding carboxylic acids is 1. The van der Waals surface area contributed by atoms with Crippen molar-refractivity contribution in [2.45, 2.75) is 13.0 Å². The van der Waals surface area contributed by atoms with Crippen molar-refractivity contribution in [2.24, 2.45) is 0 Å². The summed E-state index contributed by atoms with van der Waals surface area (Å²) in [7, 11) is 1.63. The Kier molecular flexibility index (Phi) is 3.00. The number of H-pyrrole nitrogens is 1. The number of fused-ring (bicyclic) bond motifs is 1. The van der Waals surface area contributed by atoms with E-state index in [0.29, 0.717) is 17.7 Å². The number of rotatable bonds is 3. The first-order valence-corrected chi connectivity index (χ1v) is 5.36. The van der Waals surface area contributed by atoms with Crippen LogP contribution in [-0.4, -0.2) is 27.5 Å². The van der Waals surface area contributed by atoms with Crippen LogP contribution in [0.5, 0.6) is 0 Å². The molecule has 2 heterocycles. The van der Waals surface area contributed by atoms with Crippen LogP contribution in [0.25, 0.3) is 11.0 Å². The molecule has 0 saturated heterocycles. The second-order valence-corrected chi connectivity index (χ2v) is 3.78. The summed E-state index contributed by atoms with van der Waals surface area (Å²) in [6.07, 6.45) is 3.85. The zero-order valence-corrected chi connectivity index (χ0v) is 9.67. The molecule has 0 aromatic carbocycles. The van der Waals surface area contributed by atoms with E-state index in [1.165, 1.54) is 0 Å². The molecule has 0 bridgehead atoms. The molecule has 0 aliphatic carbocycles. The predicted octanol–water partition coefficient (Wildman–Crippen LogP) is 1.23. The van der Waals surface area contributed by atoms with Gasteiger partial charge in [0.25, 0.3) is 0 Å². The Balaban J connectivity index is 2.33. The van der Waals surface area contributed by atoms with E-state index in [2.05, 4.69) is 15.3 Å². The lowest BCUT2D eigenvalue weighted by Gasteiger charge is -2.03. The van der Waals surface area contributed by atoms with E-state index in [1.54, 1.807) is 19.4 Å². The van der Waals surface area contributed by atoms with Crippen LogP contribution in [0.2, 0.25) is 0 Å². The molecule has 0 atom stereocenters. The Bertz CT molecular complexity index is 571. The Morgan fingerprint density at radius 2 is 2.50 bits per heavy atom. The number of hydrogen-bond acceptors (Lipinski definition) is 3. The van der Waals surface area contributed by atoms with Gasteiger partial charge in [-0.2, -0.15) is 0 Å². The number of carbonyl (C=O) groups is 1. The highest BCUT2D eigenvalue weighted by Gasteiger charge is 2.05. The van der Waals surface area contributed by atoms with Gasteiger partial charge in [-0.3, -0.25) is 9.78 Å². The third-order valence-corrected chi connectivity index (χ3v) is 2.74. The molecule has 2 N–H and O–H groups in total. The van der Waals surface area contributed by atoms with Crippen LogP contribution >= 0.6 is 12.2 Å². The molecule has 0 aliphatic rings. The van der Waals surface area contributed by atoms with Crippen molar-refractivity contribution in [3.63, 3.8) is 0 Å². The van der Waals surface area contributed by atoms with Crippen LogP contribution in [0.15, 0.2) is 18.5 Å². The average Bonchev–Trinajstić information content (AvgIpc) is 2.62. The monoisotopic (exact) mass is 236 g/mol. The summed E-state index contributed by atoms with van der Waals surface area (Å²) in [4.78, 5) is 18.2. The number of pyridine rings is 1. The molecule has 2 rings (SSSR count). The van der Waals surface area contributed by atoms with E-state index in [-0.39, 0.29) is 5.91 Å². The number of aryl methyl sites for hydroxylation is 1. The smallest absolute Gasteiger partial charge is 0.221 e. The highest BCUT2D eigenvalue weighted by atomic mass is 32.1. The maximum absolute atomic E-state index is 11.2. The fourth-order valence-corrected chi connectivity index (χ4v) is 1.87. The zero-order valence-electron chi connectivity index (χ0n) is 8.86. The van der Waals surface area contributed by atoms with Crippen molar-refractivity contribution >= 4 is 29.2 Å². The van der Waals surface area contributed by atoms with Crippen LogP contribution in [0.4, 0.5) is 0 Å². The number of imidazole rings is 1. The van der Waals surface area contributed by atoms with Crippen LogP contribution in [0.1, 0.15) is 6.42 Å². The van der Waals surface area contributed by atoms with Gasteiger partial charge < -0.3 is 14.9 Å². The zero-order chi connectivity index (χ0) is 11.5. The summed E-state index contributed by atoms with van der Waals surface area (Å²) in [6, 6.07) is 1.88. The van der Waals surface area contributed by atoms with Crippen molar-refractivity contribution < 1.29 is 4.79 Å². The Morgan fingerprint density at radius 1 is 1.69 bits per heavy atom. The van der Waals surface area contributed by atoms with Crippen molar-refractivity contribution in [1.29, 1.82) is 0 Å². The van der Waals surface area contributed by atoms with Crippen LogP contribution in [-0.2, 0) is 11.3 Å². The SMILES string of the molecule is CNC(=O)CCn1c(=S)[nH]c2cnccc21. The van der Waals surface area contributed by atoms with E-state index in [0.717, 1.165) is 11.0 Å².